The summed E-state index contributed by atoms with van der Waals surface area (Å²) in [4.78, 5) is 17.9. The van der Waals surface area contributed by atoms with Crippen LogP contribution in [0, 0.1) is 0 Å². The fourth-order valence-electron chi connectivity index (χ4n) is 1.75. The number of halogens is 1. The summed E-state index contributed by atoms with van der Waals surface area (Å²) in [5, 5.41) is 9.40. The van der Waals surface area contributed by atoms with Crippen molar-refractivity contribution < 1.29 is 9.90 Å². The van der Waals surface area contributed by atoms with Crippen LogP contribution >= 0.6 is 15.9 Å². The molecule has 19 heavy (non-hydrogen) atoms. The molecule has 1 aromatic heterocycles. The molecule has 0 aliphatic heterocycles. The fourth-order valence-corrected chi connectivity index (χ4v) is 2.17. The van der Waals surface area contributed by atoms with Crippen molar-refractivity contribution in [2.75, 3.05) is 7.05 Å². The van der Waals surface area contributed by atoms with E-state index in [0.717, 1.165) is 5.56 Å². The van der Waals surface area contributed by atoms with Gasteiger partial charge < -0.3 is 10.0 Å². The Morgan fingerprint density at radius 3 is 2.84 bits per heavy atom. The molecule has 1 amide bonds. The zero-order valence-corrected chi connectivity index (χ0v) is 12.0. The molecule has 2 aromatic rings. The molecule has 98 valence electrons. The summed E-state index contributed by atoms with van der Waals surface area (Å²) in [5.74, 6) is 0.0734. The first kappa shape index (κ1) is 13.5. The van der Waals surface area contributed by atoms with Crippen molar-refractivity contribution in [3.8, 4) is 5.75 Å². The van der Waals surface area contributed by atoms with Crippen LogP contribution in [0.4, 0.5) is 0 Å². The molecule has 0 fully saturated rings. The summed E-state index contributed by atoms with van der Waals surface area (Å²) < 4.78 is 0.530. The quantitative estimate of drug-likeness (QED) is 0.885. The number of carbonyl (C=O) groups is 1. The standard InChI is InChI=1S/C14H13BrN2O2/c1-17(9-10-4-2-5-11(18)8-10)14(19)12-6-3-7-16-13(12)15/h2-8,18H,9H2,1H3. The fraction of sp³-hybridized carbons (Fsp3) is 0.143. The summed E-state index contributed by atoms with van der Waals surface area (Å²) in [6, 6.07) is 10.3. The Hall–Kier alpha value is -1.88. The van der Waals surface area contributed by atoms with Gasteiger partial charge in [-0.3, -0.25) is 4.79 Å². The van der Waals surface area contributed by atoms with Gasteiger partial charge in [0.1, 0.15) is 10.4 Å². The van der Waals surface area contributed by atoms with Gasteiger partial charge in [0.2, 0.25) is 0 Å². The molecular weight excluding hydrogens is 308 g/mol. The molecule has 0 unspecified atom stereocenters. The smallest absolute Gasteiger partial charge is 0.256 e. The number of benzene rings is 1. The summed E-state index contributed by atoms with van der Waals surface area (Å²) in [6.45, 7) is 0.425. The molecular formula is C14H13BrN2O2. The van der Waals surface area contributed by atoms with E-state index >= 15 is 0 Å². The lowest BCUT2D eigenvalue weighted by Gasteiger charge is -2.17. The average molecular weight is 321 g/mol. The number of amides is 1. The molecule has 1 N–H and O–H groups in total. The Morgan fingerprint density at radius 1 is 1.37 bits per heavy atom. The van der Waals surface area contributed by atoms with Crippen molar-refractivity contribution in [2.24, 2.45) is 0 Å². The highest BCUT2D eigenvalue weighted by Gasteiger charge is 2.15. The van der Waals surface area contributed by atoms with Crippen LogP contribution < -0.4 is 0 Å². The number of hydrogen-bond donors (Lipinski definition) is 1. The minimum Gasteiger partial charge on any atom is -0.508 e. The summed E-state index contributed by atoms with van der Waals surface area (Å²) in [6.07, 6.45) is 1.62. The van der Waals surface area contributed by atoms with E-state index < -0.39 is 0 Å². The van der Waals surface area contributed by atoms with E-state index in [0.29, 0.717) is 16.7 Å². The highest BCUT2D eigenvalue weighted by Crippen LogP contribution is 2.17. The predicted molar refractivity (Wildman–Crippen MR) is 75.8 cm³/mol. The third-order valence-corrected chi connectivity index (χ3v) is 3.30. The number of aromatic nitrogens is 1. The molecule has 2 rings (SSSR count). The minimum atomic E-state index is -0.122. The van der Waals surface area contributed by atoms with Crippen molar-refractivity contribution in [3.05, 3.63) is 58.3 Å². The van der Waals surface area contributed by atoms with Crippen LogP contribution in [0.5, 0.6) is 5.75 Å². The van der Waals surface area contributed by atoms with E-state index in [-0.39, 0.29) is 11.7 Å². The minimum absolute atomic E-state index is 0.122. The number of phenolic OH excluding ortho intramolecular Hbond substituents is 1. The maximum absolute atomic E-state index is 12.2. The molecule has 0 radical (unpaired) electrons. The molecule has 5 heteroatoms. The van der Waals surface area contributed by atoms with E-state index in [1.807, 2.05) is 6.07 Å². The lowest BCUT2D eigenvalue weighted by molar-refractivity contribution is 0.0783. The summed E-state index contributed by atoms with van der Waals surface area (Å²) >= 11 is 3.26. The van der Waals surface area contributed by atoms with Gasteiger partial charge in [0.05, 0.1) is 5.56 Å². The second kappa shape index (κ2) is 5.84. The summed E-state index contributed by atoms with van der Waals surface area (Å²) in [5.41, 5.74) is 1.39. The van der Waals surface area contributed by atoms with Crippen LogP contribution in [0.1, 0.15) is 15.9 Å². The van der Waals surface area contributed by atoms with Gasteiger partial charge in [-0.1, -0.05) is 12.1 Å². The highest BCUT2D eigenvalue weighted by molar-refractivity contribution is 9.10. The van der Waals surface area contributed by atoms with Gasteiger partial charge in [0, 0.05) is 19.8 Å². The van der Waals surface area contributed by atoms with Crippen molar-refractivity contribution >= 4 is 21.8 Å². The van der Waals surface area contributed by atoms with Gasteiger partial charge in [-0.2, -0.15) is 0 Å². The maximum Gasteiger partial charge on any atom is 0.256 e. The lowest BCUT2D eigenvalue weighted by Crippen LogP contribution is -2.26. The number of hydrogen-bond acceptors (Lipinski definition) is 3. The summed E-state index contributed by atoms with van der Waals surface area (Å²) in [7, 11) is 1.71. The zero-order valence-electron chi connectivity index (χ0n) is 10.4. The van der Waals surface area contributed by atoms with E-state index in [2.05, 4.69) is 20.9 Å². The second-order valence-corrected chi connectivity index (χ2v) is 4.92. The maximum atomic E-state index is 12.2. The molecule has 0 atom stereocenters. The Labute approximate surface area is 119 Å². The van der Waals surface area contributed by atoms with Crippen molar-refractivity contribution in [2.45, 2.75) is 6.54 Å². The topological polar surface area (TPSA) is 53.4 Å². The first-order chi connectivity index (χ1) is 9.08. The molecule has 0 spiro atoms. The van der Waals surface area contributed by atoms with Crippen LogP contribution in [0.2, 0.25) is 0 Å². The largest absolute Gasteiger partial charge is 0.508 e. The van der Waals surface area contributed by atoms with Crippen LogP contribution in [0.25, 0.3) is 0 Å². The van der Waals surface area contributed by atoms with Crippen molar-refractivity contribution in [1.29, 1.82) is 0 Å². The molecule has 0 aliphatic rings. The molecule has 1 aromatic carbocycles. The molecule has 0 bridgehead atoms. The van der Waals surface area contributed by atoms with Crippen LogP contribution in [0.15, 0.2) is 47.2 Å². The number of nitrogens with zero attached hydrogens (tertiary/aromatic N) is 2. The third kappa shape index (κ3) is 3.32. The van der Waals surface area contributed by atoms with Gasteiger partial charge in [0.25, 0.3) is 5.91 Å². The highest BCUT2D eigenvalue weighted by atomic mass is 79.9. The van der Waals surface area contributed by atoms with E-state index in [9.17, 15) is 9.90 Å². The number of phenols is 1. The first-order valence-electron chi connectivity index (χ1n) is 5.72. The lowest BCUT2D eigenvalue weighted by atomic mass is 10.2. The van der Waals surface area contributed by atoms with Crippen LogP contribution in [-0.2, 0) is 6.54 Å². The Morgan fingerprint density at radius 2 is 2.16 bits per heavy atom. The van der Waals surface area contributed by atoms with E-state index in [1.165, 1.54) is 0 Å². The zero-order chi connectivity index (χ0) is 13.8. The Balaban J connectivity index is 2.14. The number of aromatic hydroxyl groups is 1. The normalized spacial score (nSPS) is 10.2. The van der Waals surface area contributed by atoms with Gasteiger partial charge in [-0.15, -0.1) is 0 Å². The number of carbonyl (C=O) groups excluding carboxylic acids is 1. The van der Waals surface area contributed by atoms with E-state index in [1.54, 1.807) is 48.5 Å². The number of rotatable bonds is 3. The van der Waals surface area contributed by atoms with Crippen LogP contribution in [0.3, 0.4) is 0 Å². The monoisotopic (exact) mass is 320 g/mol. The second-order valence-electron chi connectivity index (χ2n) is 4.17. The third-order valence-electron chi connectivity index (χ3n) is 2.67. The SMILES string of the molecule is CN(Cc1cccc(O)c1)C(=O)c1cccnc1Br. The van der Waals surface area contributed by atoms with E-state index in [4.69, 9.17) is 0 Å². The molecule has 4 nitrogen and oxygen atoms in total. The van der Waals surface area contributed by atoms with Gasteiger partial charge in [0.15, 0.2) is 0 Å². The van der Waals surface area contributed by atoms with Gasteiger partial charge >= 0.3 is 0 Å². The van der Waals surface area contributed by atoms with Crippen LogP contribution in [-0.4, -0.2) is 27.9 Å². The van der Waals surface area contributed by atoms with Crippen molar-refractivity contribution in [1.82, 2.24) is 9.88 Å². The molecule has 0 saturated carbocycles. The Bertz CT molecular complexity index is 602. The number of pyridine rings is 1. The first-order valence-corrected chi connectivity index (χ1v) is 6.51. The Kier molecular flexibility index (Phi) is 4.16. The van der Waals surface area contributed by atoms with Crippen molar-refractivity contribution in [3.63, 3.8) is 0 Å². The van der Waals surface area contributed by atoms with Gasteiger partial charge in [-0.05, 0) is 45.8 Å². The molecule has 0 aliphatic carbocycles. The predicted octanol–water partition coefficient (Wildman–Crippen LogP) is 2.82. The molecule has 1 heterocycles. The average Bonchev–Trinajstić information content (AvgIpc) is 2.38. The molecule has 0 saturated heterocycles. The van der Waals surface area contributed by atoms with Gasteiger partial charge in [-0.25, -0.2) is 4.98 Å².